The van der Waals surface area contributed by atoms with Gasteiger partial charge in [-0.05, 0) is 25.7 Å². The monoisotopic (exact) mass is 240 g/mol. The summed E-state index contributed by atoms with van der Waals surface area (Å²) in [4.78, 5) is 12.0. The molecule has 0 spiro atoms. The van der Waals surface area contributed by atoms with Gasteiger partial charge in [-0.15, -0.1) is 0 Å². The van der Waals surface area contributed by atoms with E-state index in [1.54, 1.807) is 0 Å². The van der Waals surface area contributed by atoms with Gasteiger partial charge in [-0.1, -0.05) is 38.5 Å². The van der Waals surface area contributed by atoms with Crippen LogP contribution in [0.3, 0.4) is 0 Å². The molecule has 0 aromatic heterocycles. The summed E-state index contributed by atoms with van der Waals surface area (Å²) in [6, 6.07) is 0. The molecule has 2 saturated carbocycles. The molecule has 16 heavy (non-hydrogen) atoms. The lowest BCUT2D eigenvalue weighted by Crippen LogP contribution is -2.21. The molecule has 0 aliphatic heterocycles. The summed E-state index contributed by atoms with van der Waals surface area (Å²) in [5, 5.41) is 0.793. The van der Waals surface area contributed by atoms with Gasteiger partial charge < -0.3 is 0 Å². The Morgan fingerprint density at radius 1 is 0.875 bits per heavy atom. The van der Waals surface area contributed by atoms with Gasteiger partial charge in [0.2, 0.25) is 0 Å². The van der Waals surface area contributed by atoms with Crippen LogP contribution in [0.4, 0.5) is 0 Å². The zero-order valence-electron chi connectivity index (χ0n) is 10.2. The van der Waals surface area contributed by atoms with E-state index >= 15 is 0 Å². The van der Waals surface area contributed by atoms with E-state index in [0.717, 1.165) is 11.0 Å². The molecule has 2 rings (SSSR count). The largest absolute Gasteiger partial charge is 0.298 e. The first-order valence-corrected chi connectivity index (χ1v) is 8.05. The van der Waals surface area contributed by atoms with Crippen molar-refractivity contribution in [2.45, 2.75) is 69.5 Å². The second kappa shape index (κ2) is 6.68. The van der Waals surface area contributed by atoms with E-state index in [2.05, 4.69) is 0 Å². The van der Waals surface area contributed by atoms with Crippen molar-refractivity contribution in [2.24, 2.45) is 5.92 Å². The number of hydrogen-bond donors (Lipinski definition) is 0. The number of carbonyl (C=O) groups is 1. The van der Waals surface area contributed by atoms with Gasteiger partial charge in [0.25, 0.3) is 0 Å². The van der Waals surface area contributed by atoms with Crippen molar-refractivity contribution < 1.29 is 4.79 Å². The highest BCUT2D eigenvalue weighted by Crippen LogP contribution is 2.30. The first-order chi connectivity index (χ1) is 7.86. The van der Waals surface area contributed by atoms with Crippen LogP contribution < -0.4 is 0 Å². The van der Waals surface area contributed by atoms with Crippen molar-refractivity contribution in [3.05, 3.63) is 0 Å². The van der Waals surface area contributed by atoms with E-state index in [1.165, 1.54) is 64.2 Å². The Hall–Kier alpha value is 0.0200. The van der Waals surface area contributed by atoms with E-state index in [4.69, 9.17) is 0 Å². The van der Waals surface area contributed by atoms with Gasteiger partial charge in [0, 0.05) is 11.2 Å². The van der Waals surface area contributed by atoms with E-state index < -0.39 is 0 Å². The van der Waals surface area contributed by atoms with Gasteiger partial charge in [0.1, 0.15) is 5.78 Å². The van der Waals surface area contributed by atoms with Gasteiger partial charge in [-0.3, -0.25) is 4.79 Å². The average Bonchev–Trinajstić information content (AvgIpc) is 2.38. The van der Waals surface area contributed by atoms with Crippen molar-refractivity contribution in [1.29, 1.82) is 0 Å². The van der Waals surface area contributed by atoms with Gasteiger partial charge in [0.05, 0.1) is 5.75 Å². The predicted molar refractivity (Wildman–Crippen MR) is 70.9 cm³/mol. The summed E-state index contributed by atoms with van der Waals surface area (Å²) >= 11 is 1.95. The van der Waals surface area contributed by atoms with Gasteiger partial charge in [0.15, 0.2) is 0 Å². The van der Waals surface area contributed by atoms with Crippen molar-refractivity contribution >= 4 is 17.5 Å². The highest BCUT2D eigenvalue weighted by molar-refractivity contribution is 8.00. The standard InChI is InChI=1S/C14H24OS/c15-14(12-7-3-1-4-8-12)11-16-13-9-5-2-6-10-13/h12-13H,1-11H2. The lowest BCUT2D eigenvalue weighted by atomic mass is 9.87. The number of hydrogen-bond acceptors (Lipinski definition) is 2. The fourth-order valence-electron chi connectivity index (χ4n) is 2.97. The Labute approximate surface area is 104 Å². The highest BCUT2D eigenvalue weighted by Gasteiger charge is 2.22. The summed E-state index contributed by atoms with van der Waals surface area (Å²) < 4.78 is 0. The third-order valence-electron chi connectivity index (χ3n) is 4.07. The summed E-state index contributed by atoms with van der Waals surface area (Å²) in [5.74, 6) is 1.77. The maximum Gasteiger partial charge on any atom is 0.145 e. The molecular weight excluding hydrogens is 216 g/mol. The Balaban J connectivity index is 1.65. The van der Waals surface area contributed by atoms with Crippen LogP contribution in [0.25, 0.3) is 0 Å². The molecule has 0 unspecified atom stereocenters. The first kappa shape index (κ1) is 12.5. The Bertz CT molecular complexity index is 215. The topological polar surface area (TPSA) is 17.1 Å². The summed E-state index contributed by atoms with van der Waals surface area (Å²) in [6.07, 6.45) is 13.1. The second-order valence-electron chi connectivity index (χ2n) is 5.37. The van der Waals surface area contributed by atoms with E-state index in [9.17, 15) is 4.79 Å². The minimum absolute atomic E-state index is 0.421. The molecule has 0 bridgehead atoms. The quantitative estimate of drug-likeness (QED) is 0.732. The molecule has 0 heterocycles. The number of Topliss-reactive ketones (excluding diaryl/α,β-unsaturated/α-hetero) is 1. The van der Waals surface area contributed by atoms with Crippen molar-refractivity contribution in [2.75, 3.05) is 5.75 Å². The number of ketones is 1. The first-order valence-electron chi connectivity index (χ1n) is 7.00. The van der Waals surface area contributed by atoms with Crippen LogP contribution in [0.15, 0.2) is 0 Å². The van der Waals surface area contributed by atoms with Gasteiger partial charge >= 0.3 is 0 Å². The zero-order valence-corrected chi connectivity index (χ0v) is 11.1. The molecule has 0 N–H and O–H groups in total. The fraction of sp³-hybridized carbons (Fsp3) is 0.929. The molecule has 0 aromatic carbocycles. The summed E-state index contributed by atoms with van der Waals surface area (Å²) in [5.41, 5.74) is 0. The molecule has 2 fully saturated rings. The lowest BCUT2D eigenvalue weighted by molar-refractivity contribution is -0.121. The van der Waals surface area contributed by atoms with Crippen LogP contribution in [0.5, 0.6) is 0 Å². The third kappa shape index (κ3) is 3.80. The molecule has 0 radical (unpaired) electrons. The molecule has 2 aliphatic carbocycles. The van der Waals surface area contributed by atoms with Crippen LogP contribution >= 0.6 is 11.8 Å². The minimum atomic E-state index is 0.421. The third-order valence-corrected chi connectivity index (χ3v) is 5.47. The van der Waals surface area contributed by atoms with Crippen molar-refractivity contribution in [3.8, 4) is 0 Å². The highest BCUT2D eigenvalue weighted by atomic mass is 32.2. The Morgan fingerprint density at radius 2 is 1.44 bits per heavy atom. The summed E-state index contributed by atoms with van der Waals surface area (Å²) in [6.45, 7) is 0. The predicted octanol–water partition coefficient (Wildman–Crippen LogP) is 4.20. The second-order valence-corrected chi connectivity index (χ2v) is 6.66. The molecule has 2 aliphatic rings. The number of carbonyl (C=O) groups excluding carboxylic acids is 1. The normalized spacial score (nSPS) is 24.5. The van der Waals surface area contributed by atoms with Crippen LogP contribution in [-0.4, -0.2) is 16.8 Å². The smallest absolute Gasteiger partial charge is 0.145 e. The molecule has 92 valence electrons. The molecular formula is C14H24OS. The molecule has 1 nitrogen and oxygen atoms in total. The van der Waals surface area contributed by atoms with Crippen LogP contribution in [0.2, 0.25) is 0 Å². The van der Waals surface area contributed by atoms with Gasteiger partial charge in [-0.2, -0.15) is 11.8 Å². The number of rotatable bonds is 4. The Morgan fingerprint density at radius 3 is 2.06 bits per heavy atom. The molecule has 0 atom stereocenters. The molecule has 0 amide bonds. The van der Waals surface area contributed by atoms with E-state index in [1.807, 2.05) is 11.8 Å². The Kier molecular flexibility index (Phi) is 5.21. The molecule has 2 heteroatoms. The van der Waals surface area contributed by atoms with Crippen molar-refractivity contribution in [1.82, 2.24) is 0 Å². The molecule has 0 aromatic rings. The van der Waals surface area contributed by atoms with Gasteiger partial charge in [-0.25, -0.2) is 0 Å². The van der Waals surface area contributed by atoms with Crippen molar-refractivity contribution in [3.63, 3.8) is 0 Å². The summed E-state index contributed by atoms with van der Waals surface area (Å²) in [7, 11) is 0. The van der Waals surface area contributed by atoms with Crippen LogP contribution in [-0.2, 0) is 4.79 Å². The van der Waals surface area contributed by atoms with Crippen LogP contribution in [0.1, 0.15) is 64.2 Å². The molecule has 0 saturated heterocycles. The van der Waals surface area contributed by atoms with Crippen LogP contribution in [0, 0.1) is 5.92 Å². The maximum atomic E-state index is 12.0. The van der Waals surface area contributed by atoms with E-state index in [-0.39, 0.29) is 0 Å². The lowest BCUT2D eigenvalue weighted by Gasteiger charge is -2.23. The zero-order chi connectivity index (χ0) is 11.2. The van der Waals surface area contributed by atoms with E-state index in [0.29, 0.717) is 11.7 Å². The number of thioether (sulfide) groups is 1. The fourth-order valence-corrected chi connectivity index (χ4v) is 4.28. The maximum absolute atomic E-state index is 12.0. The minimum Gasteiger partial charge on any atom is -0.298 e. The average molecular weight is 240 g/mol. The SMILES string of the molecule is O=C(CSC1CCCCC1)C1CCCCC1.